The van der Waals surface area contributed by atoms with Crippen LogP contribution in [-0.4, -0.2) is 25.4 Å². The number of rotatable bonds is 2. The van der Waals surface area contributed by atoms with E-state index in [1.165, 1.54) is 12.3 Å². The molecular formula is C24H23N3O4. The second-order valence-corrected chi connectivity index (χ2v) is 9.20. The summed E-state index contributed by atoms with van der Waals surface area (Å²) in [7, 11) is 1.89. The van der Waals surface area contributed by atoms with Gasteiger partial charge < -0.3 is 14.1 Å². The standard InChI is InChI=1S/C24H23N3O4/c1-24(2,3)21-10-15-14-6-5-13(17-7-8-25-26(17)4)9-20(14)31-22(15)18-11-19(28)16(23(29)30)12-27(18)21/h5-9,11-12,21H,10H2,1-4H3,(H,29,30)/t21-/m0/s1. The van der Waals surface area contributed by atoms with E-state index in [4.69, 9.17) is 4.42 Å². The van der Waals surface area contributed by atoms with Gasteiger partial charge in [0.1, 0.15) is 11.1 Å². The first-order valence-corrected chi connectivity index (χ1v) is 10.2. The van der Waals surface area contributed by atoms with E-state index in [9.17, 15) is 14.7 Å². The third-order valence-electron chi connectivity index (χ3n) is 6.19. The minimum Gasteiger partial charge on any atom is -0.477 e. The lowest BCUT2D eigenvalue weighted by Gasteiger charge is -2.37. The van der Waals surface area contributed by atoms with Gasteiger partial charge in [0.15, 0.2) is 11.2 Å². The van der Waals surface area contributed by atoms with Crippen molar-refractivity contribution in [3.8, 4) is 22.7 Å². The third kappa shape index (κ3) is 2.91. The lowest BCUT2D eigenvalue weighted by molar-refractivity contribution is 0.0693. The Morgan fingerprint density at radius 2 is 1.97 bits per heavy atom. The van der Waals surface area contributed by atoms with Crippen LogP contribution in [0.2, 0.25) is 0 Å². The molecular weight excluding hydrogens is 394 g/mol. The maximum absolute atomic E-state index is 12.5. The summed E-state index contributed by atoms with van der Waals surface area (Å²) in [5.74, 6) is -0.587. The van der Waals surface area contributed by atoms with Crippen molar-refractivity contribution in [2.45, 2.75) is 33.2 Å². The molecule has 0 bridgehead atoms. The number of carboxylic acid groups (broad SMARTS) is 1. The number of hydrogen-bond acceptors (Lipinski definition) is 4. The highest BCUT2D eigenvalue weighted by Gasteiger charge is 2.36. The number of pyridine rings is 1. The molecule has 1 aliphatic rings. The number of benzene rings is 1. The van der Waals surface area contributed by atoms with Crippen LogP contribution in [0.5, 0.6) is 0 Å². The topological polar surface area (TPSA) is 90.3 Å². The van der Waals surface area contributed by atoms with Crippen LogP contribution in [0.25, 0.3) is 33.7 Å². The van der Waals surface area contributed by atoms with Crippen molar-refractivity contribution >= 4 is 16.9 Å². The van der Waals surface area contributed by atoms with E-state index in [1.54, 1.807) is 6.20 Å². The first-order valence-electron chi connectivity index (χ1n) is 10.2. The minimum absolute atomic E-state index is 0.0220. The Balaban J connectivity index is 1.77. The van der Waals surface area contributed by atoms with Crippen LogP contribution in [-0.2, 0) is 13.5 Å². The first kappa shape index (κ1) is 19.4. The predicted molar refractivity (Wildman–Crippen MR) is 117 cm³/mol. The summed E-state index contributed by atoms with van der Waals surface area (Å²) in [5.41, 5.74) is 3.47. The van der Waals surface area contributed by atoms with Gasteiger partial charge in [-0.05, 0) is 24.0 Å². The van der Waals surface area contributed by atoms with Gasteiger partial charge in [0.25, 0.3) is 0 Å². The molecule has 0 spiro atoms. The van der Waals surface area contributed by atoms with Crippen LogP contribution < -0.4 is 5.43 Å². The van der Waals surface area contributed by atoms with Crippen molar-refractivity contribution in [3.05, 3.63) is 64.1 Å². The molecule has 4 heterocycles. The lowest BCUT2D eigenvalue weighted by atomic mass is 9.79. The van der Waals surface area contributed by atoms with E-state index in [0.29, 0.717) is 17.9 Å². The second kappa shape index (κ2) is 6.44. The molecule has 7 nitrogen and oxygen atoms in total. The Kier molecular flexibility index (Phi) is 4.02. The molecule has 0 radical (unpaired) electrons. The van der Waals surface area contributed by atoms with Gasteiger partial charge in [0.05, 0.1) is 11.4 Å². The van der Waals surface area contributed by atoms with Crippen LogP contribution in [0.15, 0.2) is 51.9 Å². The van der Waals surface area contributed by atoms with Gasteiger partial charge in [0.2, 0.25) is 0 Å². The number of aromatic nitrogens is 3. The van der Waals surface area contributed by atoms with Gasteiger partial charge in [0, 0.05) is 48.1 Å². The van der Waals surface area contributed by atoms with E-state index in [0.717, 1.165) is 27.8 Å². The molecule has 0 saturated heterocycles. The zero-order valence-corrected chi connectivity index (χ0v) is 17.8. The Hall–Kier alpha value is -3.61. The molecule has 1 aliphatic heterocycles. The molecule has 1 N–H and O–H groups in total. The summed E-state index contributed by atoms with van der Waals surface area (Å²) < 4.78 is 9.98. The number of nitrogens with zero attached hydrogens (tertiary/aromatic N) is 3. The number of hydrogen-bond donors (Lipinski definition) is 1. The average molecular weight is 417 g/mol. The fourth-order valence-electron chi connectivity index (χ4n) is 4.54. The Morgan fingerprint density at radius 1 is 1.19 bits per heavy atom. The Bertz CT molecular complexity index is 1420. The molecule has 0 unspecified atom stereocenters. The SMILES string of the molecule is Cn1nccc1-c1ccc2c3c(oc2c1)-c1cc(=O)c(C(=O)O)cn1[C@H](C(C)(C)C)C3. The average Bonchev–Trinajstić information content (AvgIpc) is 3.28. The van der Waals surface area contributed by atoms with Crippen LogP contribution in [0.3, 0.4) is 0 Å². The number of carbonyl (C=O) groups is 1. The molecule has 1 aromatic carbocycles. The summed E-state index contributed by atoms with van der Waals surface area (Å²) in [6.45, 7) is 6.36. The molecule has 0 saturated carbocycles. The summed E-state index contributed by atoms with van der Waals surface area (Å²) in [5, 5.41) is 14.7. The van der Waals surface area contributed by atoms with Crippen LogP contribution >= 0.6 is 0 Å². The highest BCUT2D eigenvalue weighted by atomic mass is 16.4. The van der Waals surface area contributed by atoms with E-state index in [-0.39, 0.29) is 17.0 Å². The largest absolute Gasteiger partial charge is 0.477 e. The molecule has 0 fully saturated rings. The number of furan rings is 1. The van der Waals surface area contributed by atoms with Crippen molar-refractivity contribution < 1.29 is 14.3 Å². The fraction of sp³-hybridized carbons (Fsp3) is 0.292. The smallest absolute Gasteiger partial charge is 0.341 e. The number of aryl methyl sites for hydroxylation is 1. The monoisotopic (exact) mass is 417 g/mol. The molecule has 31 heavy (non-hydrogen) atoms. The maximum atomic E-state index is 12.5. The molecule has 1 atom stereocenters. The third-order valence-corrected chi connectivity index (χ3v) is 6.19. The summed E-state index contributed by atoms with van der Waals surface area (Å²) in [6, 6.07) is 9.42. The van der Waals surface area contributed by atoms with Crippen molar-refractivity contribution in [1.29, 1.82) is 0 Å². The molecule has 158 valence electrons. The van der Waals surface area contributed by atoms with Crippen LogP contribution in [0.4, 0.5) is 0 Å². The normalized spacial score (nSPS) is 15.7. The summed E-state index contributed by atoms with van der Waals surface area (Å²) in [6.07, 6.45) is 3.91. The van der Waals surface area contributed by atoms with E-state index in [2.05, 4.69) is 38.0 Å². The van der Waals surface area contributed by atoms with E-state index < -0.39 is 11.4 Å². The van der Waals surface area contributed by atoms with E-state index >= 15 is 0 Å². The Labute approximate surface area is 178 Å². The maximum Gasteiger partial charge on any atom is 0.341 e. The predicted octanol–water partition coefficient (Wildman–Crippen LogP) is 4.50. The molecule has 3 aromatic heterocycles. The number of carboxylic acids is 1. The van der Waals surface area contributed by atoms with Gasteiger partial charge in [-0.1, -0.05) is 32.9 Å². The van der Waals surface area contributed by atoms with Gasteiger partial charge in [-0.2, -0.15) is 5.10 Å². The summed E-state index contributed by atoms with van der Waals surface area (Å²) >= 11 is 0. The molecule has 7 heteroatoms. The summed E-state index contributed by atoms with van der Waals surface area (Å²) in [4.78, 5) is 24.1. The zero-order valence-electron chi connectivity index (χ0n) is 17.8. The van der Waals surface area contributed by atoms with Crippen LogP contribution in [0, 0.1) is 5.41 Å². The fourth-order valence-corrected chi connectivity index (χ4v) is 4.54. The molecule has 0 aliphatic carbocycles. The van der Waals surface area contributed by atoms with E-state index in [1.807, 2.05) is 28.4 Å². The number of fused-ring (bicyclic) bond motifs is 5. The van der Waals surface area contributed by atoms with Crippen molar-refractivity contribution in [1.82, 2.24) is 14.3 Å². The van der Waals surface area contributed by atoms with Gasteiger partial charge >= 0.3 is 5.97 Å². The van der Waals surface area contributed by atoms with Gasteiger partial charge in [-0.25, -0.2) is 4.79 Å². The quantitative estimate of drug-likeness (QED) is 0.518. The van der Waals surface area contributed by atoms with Gasteiger partial charge in [-0.15, -0.1) is 0 Å². The second-order valence-electron chi connectivity index (χ2n) is 9.20. The number of aromatic carboxylic acids is 1. The highest BCUT2D eigenvalue weighted by Crippen LogP contribution is 2.46. The van der Waals surface area contributed by atoms with Crippen LogP contribution in [0.1, 0.15) is 42.7 Å². The van der Waals surface area contributed by atoms with Gasteiger partial charge in [-0.3, -0.25) is 9.48 Å². The zero-order chi connectivity index (χ0) is 22.1. The molecule has 0 amide bonds. The highest BCUT2D eigenvalue weighted by molar-refractivity contribution is 5.92. The van der Waals surface area contributed by atoms with Crippen molar-refractivity contribution in [3.63, 3.8) is 0 Å². The molecule has 5 rings (SSSR count). The lowest BCUT2D eigenvalue weighted by Crippen LogP contribution is -2.32. The Morgan fingerprint density at radius 3 is 2.61 bits per heavy atom. The van der Waals surface area contributed by atoms with Crippen molar-refractivity contribution in [2.75, 3.05) is 0 Å². The minimum atomic E-state index is -1.22. The van der Waals surface area contributed by atoms with Crippen molar-refractivity contribution in [2.24, 2.45) is 12.5 Å². The first-order chi connectivity index (χ1) is 14.6. The molecule has 4 aromatic rings.